The zero-order valence-electron chi connectivity index (χ0n) is 16.7. The summed E-state index contributed by atoms with van der Waals surface area (Å²) in [6, 6.07) is 8.28. The van der Waals surface area contributed by atoms with Crippen LogP contribution in [0.15, 0.2) is 35.1 Å². The first-order valence-electron chi connectivity index (χ1n) is 9.85. The third-order valence-electron chi connectivity index (χ3n) is 5.67. The molecule has 0 aliphatic carbocycles. The number of rotatable bonds is 4. The summed E-state index contributed by atoms with van der Waals surface area (Å²) >= 11 is 0. The number of amides is 2. The second-order valence-electron chi connectivity index (χ2n) is 7.82. The molecule has 30 heavy (non-hydrogen) atoms. The first-order chi connectivity index (χ1) is 14.5. The number of benzene rings is 1. The number of aromatic nitrogens is 4. The maximum atomic E-state index is 12.7. The van der Waals surface area contributed by atoms with Gasteiger partial charge in [0.2, 0.25) is 11.8 Å². The summed E-state index contributed by atoms with van der Waals surface area (Å²) < 4.78 is 12.9. The number of nitrogens with zero attached hydrogens (tertiary/aromatic N) is 5. The predicted octanol–water partition coefficient (Wildman–Crippen LogP) is 2.08. The minimum Gasteiger partial charge on any atom is -0.373 e. The third-order valence-corrected chi connectivity index (χ3v) is 5.67. The predicted molar refractivity (Wildman–Crippen MR) is 103 cm³/mol. The lowest BCUT2D eigenvalue weighted by molar-refractivity contribution is -0.129. The largest absolute Gasteiger partial charge is 0.373 e. The minimum absolute atomic E-state index is 0.00485. The van der Waals surface area contributed by atoms with Crippen molar-refractivity contribution >= 4 is 11.8 Å². The molecule has 0 saturated carbocycles. The van der Waals surface area contributed by atoms with E-state index in [0.717, 1.165) is 16.9 Å². The number of imide groups is 1. The van der Waals surface area contributed by atoms with Gasteiger partial charge in [-0.1, -0.05) is 35.0 Å². The lowest BCUT2D eigenvalue weighted by atomic mass is 9.99. The molecule has 5 rings (SSSR count). The van der Waals surface area contributed by atoms with Gasteiger partial charge in [-0.15, -0.1) is 0 Å². The van der Waals surface area contributed by atoms with E-state index in [1.807, 2.05) is 0 Å². The first kappa shape index (κ1) is 18.7. The number of carbonyl (C=O) groups is 2. The number of fused-ring (bicyclic) bond motifs is 1. The molecule has 2 atom stereocenters. The molecule has 9 nitrogen and oxygen atoms in total. The minimum atomic E-state index is -0.398. The Balaban J connectivity index is 1.28. The Morgan fingerprint density at radius 2 is 2.00 bits per heavy atom. The lowest BCUT2D eigenvalue weighted by Crippen LogP contribution is -2.42. The average molecular weight is 407 g/mol. The van der Waals surface area contributed by atoms with Crippen LogP contribution in [-0.2, 0) is 29.5 Å². The van der Waals surface area contributed by atoms with Crippen molar-refractivity contribution in [2.75, 3.05) is 6.61 Å². The molecule has 0 N–H and O–H groups in total. The number of aryl methyl sites for hydroxylation is 2. The van der Waals surface area contributed by atoms with Crippen LogP contribution in [-0.4, -0.2) is 43.0 Å². The van der Waals surface area contributed by atoms with Crippen molar-refractivity contribution < 1.29 is 18.8 Å². The van der Waals surface area contributed by atoms with Crippen LogP contribution >= 0.6 is 0 Å². The zero-order valence-corrected chi connectivity index (χ0v) is 16.7. The van der Waals surface area contributed by atoms with Gasteiger partial charge in [-0.25, -0.2) is 4.98 Å². The number of carbonyl (C=O) groups excluding carboxylic acids is 2. The first-order valence-corrected chi connectivity index (χ1v) is 9.85. The SMILES string of the molecule is Cc1ccc([C@H]2C[C@H](c3noc(CN4C(=O)Cc5ncn(C)c5C4=O)n3)CO2)cc1. The summed E-state index contributed by atoms with van der Waals surface area (Å²) in [6.07, 6.45) is 2.36. The van der Waals surface area contributed by atoms with E-state index in [2.05, 4.69) is 46.3 Å². The Labute approximate surface area is 172 Å². The van der Waals surface area contributed by atoms with E-state index in [0.29, 0.717) is 23.8 Å². The second kappa shape index (κ2) is 7.17. The maximum Gasteiger partial charge on any atom is 0.279 e. The highest BCUT2D eigenvalue weighted by atomic mass is 16.5. The molecule has 1 fully saturated rings. The van der Waals surface area contributed by atoms with Gasteiger partial charge in [-0.2, -0.15) is 4.98 Å². The van der Waals surface area contributed by atoms with E-state index >= 15 is 0 Å². The third kappa shape index (κ3) is 3.21. The van der Waals surface area contributed by atoms with Crippen molar-refractivity contribution in [1.82, 2.24) is 24.6 Å². The van der Waals surface area contributed by atoms with E-state index < -0.39 is 5.91 Å². The molecule has 0 radical (unpaired) electrons. The molecule has 0 bridgehead atoms. The Kier molecular flexibility index (Phi) is 4.47. The highest BCUT2D eigenvalue weighted by molar-refractivity contribution is 6.08. The van der Waals surface area contributed by atoms with Crippen molar-refractivity contribution in [2.45, 2.75) is 38.3 Å². The van der Waals surface area contributed by atoms with Gasteiger partial charge in [0, 0.05) is 13.0 Å². The standard InChI is InChI=1S/C21H21N5O4/c1-12-3-5-13(6-4-12)16-7-14(10-29-16)20-23-17(30-24-20)9-26-18(27)8-15-19(21(26)28)25(2)11-22-15/h3-6,11,14,16H,7-10H2,1-2H3/t14-,16+/m0/s1. The van der Waals surface area contributed by atoms with Gasteiger partial charge in [0.15, 0.2) is 5.82 Å². The van der Waals surface area contributed by atoms with Gasteiger partial charge in [0.1, 0.15) is 12.2 Å². The topological polar surface area (TPSA) is 103 Å². The number of imidazole rings is 1. The van der Waals surface area contributed by atoms with Crippen molar-refractivity contribution in [2.24, 2.45) is 7.05 Å². The molecule has 0 spiro atoms. The zero-order chi connectivity index (χ0) is 20.8. The Morgan fingerprint density at radius 1 is 1.20 bits per heavy atom. The van der Waals surface area contributed by atoms with E-state index in [1.165, 1.54) is 11.9 Å². The van der Waals surface area contributed by atoms with Gasteiger partial charge in [0.05, 0.1) is 31.2 Å². The van der Waals surface area contributed by atoms with Crippen LogP contribution in [0.5, 0.6) is 0 Å². The van der Waals surface area contributed by atoms with Gasteiger partial charge >= 0.3 is 0 Å². The molecule has 4 heterocycles. The Hall–Kier alpha value is -3.33. The summed E-state index contributed by atoms with van der Waals surface area (Å²) in [5.74, 6) is 0.0540. The molecule has 9 heteroatoms. The van der Waals surface area contributed by atoms with Crippen molar-refractivity contribution in [3.05, 3.63) is 64.8 Å². The molecule has 2 aliphatic rings. The molecule has 1 aromatic carbocycles. The summed E-state index contributed by atoms with van der Waals surface area (Å²) in [4.78, 5) is 34.8. The van der Waals surface area contributed by atoms with Crippen LogP contribution in [0.2, 0.25) is 0 Å². The highest BCUT2D eigenvalue weighted by Crippen LogP contribution is 2.37. The van der Waals surface area contributed by atoms with Crippen molar-refractivity contribution in [3.63, 3.8) is 0 Å². The van der Waals surface area contributed by atoms with E-state index in [1.54, 1.807) is 11.6 Å². The van der Waals surface area contributed by atoms with Gasteiger partial charge in [-0.05, 0) is 18.9 Å². The molecule has 2 aromatic heterocycles. The molecular formula is C21H21N5O4. The Morgan fingerprint density at radius 3 is 2.80 bits per heavy atom. The fourth-order valence-corrected chi connectivity index (χ4v) is 3.98. The summed E-state index contributed by atoms with van der Waals surface area (Å²) in [5, 5.41) is 4.07. The molecule has 3 aromatic rings. The van der Waals surface area contributed by atoms with Crippen LogP contribution in [0, 0.1) is 6.92 Å². The monoisotopic (exact) mass is 407 g/mol. The molecule has 2 amide bonds. The average Bonchev–Trinajstić information content (AvgIpc) is 3.46. The summed E-state index contributed by atoms with van der Waals surface area (Å²) in [5.41, 5.74) is 3.25. The van der Waals surface area contributed by atoms with E-state index in [-0.39, 0.29) is 36.8 Å². The molecular weight excluding hydrogens is 386 g/mol. The van der Waals surface area contributed by atoms with Gasteiger partial charge in [0.25, 0.3) is 5.91 Å². The fraction of sp³-hybridized carbons (Fsp3) is 0.381. The van der Waals surface area contributed by atoms with Crippen LogP contribution in [0.25, 0.3) is 0 Å². The fourth-order valence-electron chi connectivity index (χ4n) is 3.98. The van der Waals surface area contributed by atoms with Crippen LogP contribution < -0.4 is 0 Å². The highest BCUT2D eigenvalue weighted by Gasteiger charge is 2.36. The number of hydrogen-bond acceptors (Lipinski definition) is 7. The number of ether oxygens (including phenoxy) is 1. The van der Waals surface area contributed by atoms with Crippen LogP contribution in [0.1, 0.15) is 57.5 Å². The maximum absolute atomic E-state index is 12.7. The van der Waals surface area contributed by atoms with E-state index in [4.69, 9.17) is 9.26 Å². The second-order valence-corrected chi connectivity index (χ2v) is 7.82. The van der Waals surface area contributed by atoms with Gasteiger partial charge < -0.3 is 13.8 Å². The van der Waals surface area contributed by atoms with Crippen LogP contribution in [0.3, 0.4) is 0 Å². The van der Waals surface area contributed by atoms with E-state index in [9.17, 15) is 9.59 Å². The van der Waals surface area contributed by atoms with Crippen molar-refractivity contribution in [3.8, 4) is 0 Å². The van der Waals surface area contributed by atoms with Crippen molar-refractivity contribution in [1.29, 1.82) is 0 Å². The lowest BCUT2D eigenvalue weighted by Gasteiger charge is -2.23. The van der Waals surface area contributed by atoms with Gasteiger partial charge in [-0.3, -0.25) is 14.5 Å². The normalized spacial score (nSPS) is 21.3. The quantitative estimate of drug-likeness (QED) is 0.610. The summed E-state index contributed by atoms with van der Waals surface area (Å²) in [7, 11) is 1.73. The number of hydrogen-bond donors (Lipinski definition) is 0. The molecule has 1 saturated heterocycles. The summed E-state index contributed by atoms with van der Waals surface area (Å²) in [6.45, 7) is 2.50. The van der Waals surface area contributed by atoms with Crippen LogP contribution in [0.4, 0.5) is 0 Å². The smallest absolute Gasteiger partial charge is 0.279 e. The molecule has 154 valence electrons. The molecule has 2 aliphatic heterocycles. The molecule has 0 unspecified atom stereocenters. The Bertz CT molecular complexity index is 1120.